The molecule has 0 bridgehead atoms. The minimum absolute atomic E-state index is 0.189. The van der Waals surface area contributed by atoms with Crippen LogP contribution in [0.4, 0.5) is 0 Å². The summed E-state index contributed by atoms with van der Waals surface area (Å²) in [5.41, 5.74) is 2.33. The molecule has 1 saturated heterocycles. The summed E-state index contributed by atoms with van der Waals surface area (Å²) in [5.74, 6) is -1.07. The zero-order valence-electron chi connectivity index (χ0n) is 12.4. The molecular formula is C16H20N2O4. The lowest BCUT2D eigenvalue weighted by molar-refractivity contribution is -0.148. The number of ether oxygens (including phenoxy) is 2. The average molecular weight is 304 g/mol. The first-order valence-electron chi connectivity index (χ1n) is 7.60. The third-order valence-corrected chi connectivity index (χ3v) is 4.03. The van der Waals surface area contributed by atoms with Gasteiger partial charge in [0.15, 0.2) is 0 Å². The molecule has 0 radical (unpaired) electrons. The molecule has 1 fully saturated rings. The van der Waals surface area contributed by atoms with Gasteiger partial charge in [-0.3, -0.25) is 9.59 Å². The van der Waals surface area contributed by atoms with Gasteiger partial charge in [-0.1, -0.05) is 24.3 Å². The second-order valence-electron chi connectivity index (χ2n) is 5.42. The van der Waals surface area contributed by atoms with Gasteiger partial charge in [0, 0.05) is 19.6 Å². The molecule has 6 nitrogen and oxygen atoms in total. The van der Waals surface area contributed by atoms with Crippen molar-refractivity contribution in [1.29, 1.82) is 0 Å². The Balaban J connectivity index is 1.56. The topological polar surface area (TPSA) is 67.9 Å². The second-order valence-corrected chi connectivity index (χ2v) is 5.42. The van der Waals surface area contributed by atoms with E-state index < -0.39 is 11.8 Å². The molecule has 0 spiro atoms. The predicted octanol–water partition coefficient (Wildman–Crippen LogP) is 0.275. The summed E-state index contributed by atoms with van der Waals surface area (Å²) in [6.45, 7) is 2.85. The van der Waals surface area contributed by atoms with Crippen LogP contribution in [0.15, 0.2) is 24.3 Å². The standard InChI is InChI=1S/C16H20N2O4/c19-15(16(20)18-6-9-21-10-7-18)17-11-14-13-4-2-1-3-12(13)5-8-22-14/h1-4,14H,5-11H2,(H,17,19)/t14-/m0/s1. The van der Waals surface area contributed by atoms with Crippen LogP contribution in [0.2, 0.25) is 0 Å². The Kier molecular flexibility index (Phi) is 4.70. The lowest BCUT2D eigenvalue weighted by Gasteiger charge is -2.28. The van der Waals surface area contributed by atoms with Crippen LogP contribution >= 0.6 is 0 Å². The molecule has 22 heavy (non-hydrogen) atoms. The predicted molar refractivity (Wildman–Crippen MR) is 79.2 cm³/mol. The highest BCUT2D eigenvalue weighted by molar-refractivity contribution is 6.35. The van der Waals surface area contributed by atoms with Crippen molar-refractivity contribution in [3.8, 4) is 0 Å². The van der Waals surface area contributed by atoms with E-state index in [4.69, 9.17) is 9.47 Å². The summed E-state index contributed by atoms with van der Waals surface area (Å²) in [7, 11) is 0. The summed E-state index contributed by atoms with van der Waals surface area (Å²) in [4.78, 5) is 25.6. The van der Waals surface area contributed by atoms with Gasteiger partial charge in [0.2, 0.25) is 0 Å². The van der Waals surface area contributed by atoms with E-state index in [1.807, 2.05) is 18.2 Å². The van der Waals surface area contributed by atoms with Gasteiger partial charge in [0.05, 0.1) is 19.8 Å². The van der Waals surface area contributed by atoms with E-state index in [-0.39, 0.29) is 6.10 Å². The van der Waals surface area contributed by atoms with E-state index in [1.165, 1.54) is 10.5 Å². The quantitative estimate of drug-likeness (QED) is 0.797. The number of hydrogen-bond acceptors (Lipinski definition) is 4. The number of hydrogen-bond donors (Lipinski definition) is 1. The highest BCUT2D eigenvalue weighted by Crippen LogP contribution is 2.26. The van der Waals surface area contributed by atoms with Crippen LogP contribution in [-0.4, -0.2) is 56.2 Å². The van der Waals surface area contributed by atoms with Crippen LogP contribution in [-0.2, 0) is 25.5 Å². The first-order valence-corrected chi connectivity index (χ1v) is 7.60. The number of rotatable bonds is 2. The summed E-state index contributed by atoms with van der Waals surface area (Å²) in [5, 5.41) is 2.69. The summed E-state index contributed by atoms with van der Waals surface area (Å²) in [6, 6.07) is 8.05. The largest absolute Gasteiger partial charge is 0.378 e. The first-order chi connectivity index (χ1) is 10.8. The molecule has 2 heterocycles. The first kappa shape index (κ1) is 15.0. The third kappa shape index (κ3) is 3.28. The van der Waals surface area contributed by atoms with Crippen molar-refractivity contribution in [1.82, 2.24) is 10.2 Å². The molecular weight excluding hydrogens is 284 g/mol. The van der Waals surface area contributed by atoms with Crippen LogP contribution in [0.3, 0.4) is 0 Å². The van der Waals surface area contributed by atoms with E-state index >= 15 is 0 Å². The Morgan fingerprint density at radius 3 is 2.77 bits per heavy atom. The van der Waals surface area contributed by atoms with E-state index in [0.29, 0.717) is 39.5 Å². The molecule has 118 valence electrons. The maximum absolute atomic E-state index is 12.0. The summed E-state index contributed by atoms with van der Waals surface area (Å²) < 4.78 is 10.9. The molecule has 0 saturated carbocycles. The van der Waals surface area contributed by atoms with Crippen molar-refractivity contribution >= 4 is 11.8 Å². The molecule has 0 unspecified atom stereocenters. The van der Waals surface area contributed by atoms with Gasteiger partial charge >= 0.3 is 11.8 Å². The zero-order valence-corrected chi connectivity index (χ0v) is 12.4. The number of nitrogens with zero attached hydrogens (tertiary/aromatic N) is 1. The number of amides is 2. The highest BCUT2D eigenvalue weighted by atomic mass is 16.5. The van der Waals surface area contributed by atoms with Crippen molar-refractivity contribution in [3.05, 3.63) is 35.4 Å². The monoisotopic (exact) mass is 304 g/mol. The van der Waals surface area contributed by atoms with E-state index in [1.54, 1.807) is 0 Å². The number of morpholine rings is 1. The van der Waals surface area contributed by atoms with Crippen LogP contribution in [0.5, 0.6) is 0 Å². The lowest BCUT2D eigenvalue weighted by atomic mass is 9.97. The summed E-state index contributed by atoms with van der Waals surface area (Å²) >= 11 is 0. The molecule has 1 atom stereocenters. The second kappa shape index (κ2) is 6.89. The zero-order chi connectivity index (χ0) is 15.4. The molecule has 2 aliphatic heterocycles. The Morgan fingerprint density at radius 2 is 1.95 bits per heavy atom. The van der Waals surface area contributed by atoms with Gasteiger partial charge in [-0.15, -0.1) is 0 Å². The Hall–Kier alpha value is -1.92. The molecule has 6 heteroatoms. The smallest absolute Gasteiger partial charge is 0.312 e. The Morgan fingerprint density at radius 1 is 1.18 bits per heavy atom. The van der Waals surface area contributed by atoms with Gasteiger partial charge in [0.25, 0.3) is 0 Å². The fourth-order valence-corrected chi connectivity index (χ4v) is 2.82. The fourth-order valence-electron chi connectivity index (χ4n) is 2.82. The van der Waals surface area contributed by atoms with E-state index in [0.717, 1.165) is 12.0 Å². The van der Waals surface area contributed by atoms with Crippen molar-refractivity contribution in [2.75, 3.05) is 39.5 Å². The molecule has 1 N–H and O–H groups in total. The van der Waals surface area contributed by atoms with Crippen LogP contribution in [0.1, 0.15) is 17.2 Å². The molecule has 2 amide bonds. The minimum atomic E-state index is -0.575. The van der Waals surface area contributed by atoms with Gasteiger partial charge in [-0.2, -0.15) is 0 Å². The lowest BCUT2D eigenvalue weighted by Crippen LogP contribution is -2.48. The van der Waals surface area contributed by atoms with E-state index in [9.17, 15) is 9.59 Å². The maximum Gasteiger partial charge on any atom is 0.312 e. The van der Waals surface area contributed by atoms with Gasteiger partial charge in [-0.25, -0.2) is 0 Å². The normalized spacial score (nSPS) is 21.1. The highest BCUT2D eigenvalue weighted by Gasteiger charge is 2.26. The Labute approximate surface area is 129 Å². The molecule has 3 rings (SSSR count). The van der Waals surface area contributed by atoms with Gasteiger partial charge in [-0.05, 0) is 17.5 Å². The molecule has 1 aromatic carbocycles. The van der Waals surface area contributed by atoms with Crippen molar-refractivity contribution in [2.45, 2.75) is 12.5 Å². The van der Waals surface area contributed by atoms with Gasteiger partial charge in [0.1, 0.15) is 6.10 Å². The number of fused-ring (bicyclic) bond motifs is 1. The third-order valence-electron chi connectivity index (χ3n) is 4.03. The van der Waals surface area contributed by atoms with Gasteiger partial charge < -0.3 is 19.7 Å². The van der Waals surface area contributed by atoms with Crippen LogP contribution < -0.4 is 5.32 Å². The molecule has 1 aromatic rings. The average Bonchev–Trinajstić information content (AvgIpc) is 2.59. The SMILES string of the molecule is O=C(NC[C@@H]1OCCc2ccccc21)C(=O)N1CCOCC1. The number of nitrogens with one attached hydrogen (secondary N) is 1. The maximum atomic E-state index is 12.0. The molecule has 0 aliphatic carbocycles. The van der Waals surface area contributed by atoms with Crippen molar-refractivity contribution < 1.29 is 19.1 Å². The summed E-state index contributed by atoms with van der Waals surface area (Å²) in [6.07, 6.45) is 0.694. The Bertz CT molecular complexity index is 555. The molecule has 0 aromatic heterocycles. The fraction of sp³-hybridized carbons (Fsp3) is 0.500. The minimum Gasteiger partial charge on any atom is -0.378 e. The van der Waals surface area contributed by atoms with E-state index in [2.05, 4.69) is 11.4 Å². The van der Waals surface area contributed by atoms with Crippen molar-refractivity contribution in [3.63, 3.8) is 0 Å². The van der Waals surface area contributed by atoms with Crippen LogP contribution in [0, 0.1) is 0 Å². The number of carbonyl (C=O) groups is 2. The molecule has 2 aliphatic rings. The number of benzene rings is 1. The van der Waals surface area contributed by atoms with Crippen LogP contribution in [0.25, 0.3) is 0 Å². The van der Waals surface area contributed by atoms with Crippen molar-refractivity contribution in [2.24, 2.45) is 0 Å². The number of carbonyl (C=O) groups excluding carboxylic acids is 2.